The fraction of sp³-hybridized carbons (Fsp3) is 0.143. The Labute approximate surface area is 127 Å². The zero-order valence-corrected chi connectivity index (χ0v) is 13.6. The van der Waals surface area contributed by atoms with Crippen molar-refractivity contribution >= 4 is 38.3 Å². The number of rotatable bonds is 3. The Bertz CT molecular complexity index is 711. The van der Waals surface area contributed by atoms with Crippen LogP contribution in [0.2, 0.25) is 0 Å². The molecule has 0 saturated carbocycles. The average molecular weight is 387 g/mol. The van der Waals surface area contributed by atoms with Gasteiger partial charge in [0.25, 0.3) is 10.0 Å². The van der Waals surface area contributed by atoms with Crippen molar-refractivity contribution in [1.29, 1.82) is 0 Å². The molecule has 100 valence electrons. The Morgan fingerprint density at radius 1 is 1.00 bits per heavy atom. The Morgan fingerprint density at radius 2 is 1.68 bits per heavy atom. The SMILES string of the molecule is Cc1ccc(NS(=O)(=O)c2ccccc2C)cc1I. The van der Waals surface area contributed by atoms with Gasteiger partial charge in [-0.2, -0.15) is 0 Å². The molecule has 1 N–H and O–H groups in total. The molecule has 3 nitrogen and oxygen atoms in total. The highest BCUT2D eigenvalue weighted by Crippen LogP contribution is 2.22. The van der Waals surface area contributed by atoms with Crippen LogP contribution in [0.1, 0.15) is 11.1 Å². The van der Waals surface area contributed by atoms with Gasteiger partial charge in [-0.15, -0.1) is 0 Å². The summed E-state index contributed by atoms with van der Waals surface area (Å²) in [6.07, 6.45) is 0. The lowest BCUT2D eigenvalue weighted by molar-refractivity contribution is 0.600. The lowest BCUT2D eigenvalue weighted by atomic mass is 10.2. The number of nitrogens with one attached hydrogen (secondary N) is 1. The Hall–Kier alpha value is -1.08. The van der Waals surface area contributed by atoms with E-state index in [1.807, 2.05) is 25.1 Å². The first-order valence-electron chi connectivity index (χ1n) is 5.75. The minimum atomic E-state index is -3.53. The third kappa shape index (κ3) is 3.27. The van der Waals surface area contributed by atoms with Gasteiger partial charge in [-0.05, 0) is 65.8 Å². The molecule has 0 saturated heterocycles. The summed E-state index contributed by atoms with van der Waals surface area (Å²) in [4.78, 5) is 0.311. The fourth-order valence-corrected chi connectivity index (χ4v) is 3.54. The van der Waals surface area contributed by atoms with Crippen LogP contribution >= 0.6 is 22.6 Å². The minimum Gasteiger partial charge on any atom is -0.280 e. The number of aryl methyl sites for hydroxylation is 2. The van der Waals surface area contributed by atoms with Crippen molar-refractivity contribution in [2.45, 2.75) is 18.7 Å². The standard InChI is InChI=1S/C14H14INO2S/c1-10-7-8-12(9-13(10)15)16-19(17,18)14-6-4-3-5-11(14)2/h3-9,16H,1-2H3. The van der Waals surface area contributed by atoms with E-state index in [1.165, 1.54) is 0 Å². The monoisotopic (exact) mass is 387 g/mol. The summed E-state index contributed by atoms with van der Waals surface area (Å²) in [5.41, 5.74) is 2.44. The average Bonchev–Trinajstić information content (AvgIpc) is 2.34. The summed E-state index contributed by atoms with van der Waals surface area (Å²) < 4.78 is 28.3. The molecule has 0 atom stereocenters. The highest BCUT2D eigenvalue weighted by molar-refractivity contribution is 14.1. The van der Waals surface area contributed by atoms with Crippen molar-refractivity contribution in [2.24, 2.45) is 0 Å². The molecule has 0 radical (unpaired) electrons. The highest BCUT2D eigenvalue weighted by Gasteiger charge is 2.16. The smallest absolute Gasteiger partial charge is 0.262 e. The molecule has 0 heterocycles. The summed E-state index contributed by atoms with van der Waals surface area (Å²) in [6, 6.07) is 12.4. The Morgan fingerprint density at radius 3 is 2.32 bits per heavy atom. The molecular weight excluding hydrogens is 373 g/mol. The molecular formula is C14H14INO2S. The lowest BCUT2D eigenvalue weighted by Gasteiger charge is -2.11. The minimum absolute atomic E-state index is 0.311. The molecule has 0 aliphatic heterocycles. The summed E-state index contributed by atoms with van der Waals surface area (Å²) in [7, 11) is -3.53. The summed E-state index contributed by atoms with van der Waals surface area (Å²) in [6.45, 7) is 3.77. The van der Waals surface area contributed by atoms with Crippen molar-refractivity contribution in [1.82, 2.24) is 0 Å². The van der Waals surface area contributed by atoms with Crippen LogP contribution in [0.15, 0.2) is 47.4 Å². The number of halogens is 1. The van der Waals surface area contributed by atoms with Crippen LogP contribution in [0.4, 0.5) is 5.69 Å². The molecule has 0 aliphatic rings. The van der Waals surface area contributed by atoms with Gasteiger partial charge in [0.15, 0.2) is 0 Å². The molecule has 19 heavy (non-hydrogen) atoms. The summed E-state index contributed by atoms with van der Waals surface area (Å²) in [5.74, 6) is 0. The van der Waals surface area contributed by atoms with Crippen LogP contribution in [-0.4, -0.2) is 8.42 Å². The lowest BCUT2D eigenvalue weighted by Crippen LogP contribution is -2.14. The normalized spacial score (nSPS) is 11.3. The first kappa shape index (κ1) is 14.3. The van der Waals surface area contributed by atoms with Gasteiger partial charge in [0.2, 0.25) is 0 Å². The molecule has 0 spiro atoms. The van der Waals surface area contributed by atoms with Gasteiger partial charge in [0.1, 0.15) is 0 Å². The van der Waals surface area contributed by atoms with E-state index >= 15 is 0 Å². The number of sulfonamides is 1. The number of hydrogen-bond acceptors (Lipinski definition) is 2. The van der Waals surface area contributed by atoms with Gasteiger partial charge in [-0.1, -0.05) is 24.3 Å². The number of hydrogen-bond donors (Lipinski definition) is 1. The first-order chi connectivity index (χ1) is 8.90. The predicted octanol–water partition coefficient (Wildman–Crippen LogP) is 3.71. The van der Waals surface area contributed by atoms with E-state index in [1.54, 1.807) is 31.2 Å². The third-order valence-corrected chi connectivity index (χ3v) is 5.51. The van der Waals surface area contributed by atoms with Gasteiger partial charge in [0.05, 0.1) is 4.90 Å². The highest BCUT2D eigenvalue weighted by atomic mass is 127. The van der Waals surface area contributed by atoms with Crippen molar-refractivity contribution in [3.63, 3.8) is 0 Å². The Kier molecular flexibility index (Phi) is 4.15. The van der Waals surface area contributed by atoms with Gasteiger partial charge in [-0.3, -0.25) is 4.72 Å². The van der Waals surface area contributed by atoms with Crippen LogP contribution in [-0.2, 0) is 10.0 Å². The second kappa shape index (κ2) is 5.50. The maximum Gasteiger partial charge on any atom is 0.262 e. The third-order valence-electron chi connectivity index (χ3n) is 2.81. The van der Waals surface area contributed by atoms with Gasteiger partial charge >= 0.3 is 0 Å². The molecule has 0 bridgehead atoms. The van der Waals surface area contributed by atoms with Crippen LogP contribution in [0.25, 0.3) is 0 Å². The van der Waals surface area contributed by atoms with Crippen LogP contribution < -0.4 is 4.72 Å². The number of anilines is 1. The molecule has 2 rings (SSSR count). The quantitative estimate of drug-likeness (QED) is 0.817. The van der Waals surface area contributed by atoms with E-state index in [2.05, 4.69) is 27.3 Å². The van der Waals surface area contributed by atoms with Crippen molar-refractivity contribution in [3.8, 4) is 0 Å². The molecule has 0 aromatic heterocycles. The van der Waals surface area contributed by atoms with Crippen molar-refractivity contribution < 1.29 is 8.42 Å². The van der Waals surface area contributed by atoms with E-state index in [-0.39, 0.29) is 0 Å². The van der Waals surface area contributed by atoms with E-state index in [9.17, 15) is 8.42 Å². The van der Waals surface area contributed by atoms with E-state index in [4.69, 9.17) is 0 Å². The molecule has 0 aliphatic carbocycles. The second-order valence-electron chi connectivity index (χ2n) is 4.33. The Balaban J connectivity index is 2.37. The van der Waals surface area contributed by atoms with Crippen LogP contribution in [0.3, 0.4) is 0 Å². The van der Waals surface area contributed by atoms with Gasteiger partial charge in [0, 0.05) is 9.26 Å². The fourth-order valence-electron chi connectivity index (χ4n) is 1.72. The van der Waals surface area contributed by atoms with Gasteiger partial charge < -0.3 is 0 Å². The second-order valence-corrected chi connectivity index (χ2v) is 7.15. The zero-order valence-electron chi connectivity index (χ0n) is 10.6. The van der Waals surface area contributed by atoms with Crippen LogP contribution in [0.5, 0.6) is 0 Å². The van der Waals surface area contributed by atoms with E-state index in [0.717, 1.165) is 14.7 Å². The van der Waals surface area contributed by atoms with Gasteiger partial charge in [-0.25, -0.2) is 8.42 Å². The predicted molar refractivity (Wildman–Crippen MR) is 85.9 cm³/mol. The molecule has 5 heteroatoms. The molecule has 2 aromatic carbocycles. The molecule has 2 aromatic rings. The summed E-state index contributed by atoms with van der Waals surface area (Å²) >= 11 is 2.19. The first-order valence-corrected chi connectivity index (χ1v) is 8.31. The van der Waals surface area contributed by atoms with Crippen LogP contribution in [0, 0.1) is 17.4 Å². The maximum absolute atomic E-state index is 12.3. The largest absolute Gasteiger partial charge is 0.280 e. The summed E-state index contributed by atoms with van der Waals surface area (Å²) in [5, 5.41) is 0. The van der Waals surface area contributed by atoms with E-state index in [0.29, 0.717) is 10.6 Å². The maximum atomic E-state index is 12.3. The van der Waals surface area contributed by atoms with Crippen molar-refractivity contribution in [2.75, 3.05) is 4.72 Å². The molecule has 0 amide bonds. The zero-order chi connectivity index (χ0) is 14.0. The molecule has 0 fully saturated rings. The van der Waals surface area contributed by atoms with Crippen molar-refractivity contribution in [3.05, 3.63) is 57.2 Å². The number of benzene rings is 2. The van der Waals surface area contributed by atoms with E-state index < -0.39 is 10.0 Å². The topological polar surface area (TPSA) is 46.2 Å². The molecule has 0 unspecified atom stereocenters.